The topological polar surface area (TPSA) is 174 Å². The number of aromatic nitrogens is 2. The molecule has 1 fully saturated rings. The van der Waals surface area contributed by atoms with Gasteiger partial charge in [0.2, 0.25) is 12.0 Å². The Hall–Kier alpha value is -2.08. The van der Waals surface area contributed by atoms with Crippen LogP contribution in [0.5, 0.6) is 0 Å². The van der Waals surface area contributed by atoms with Gasteiger partial charge in [-0.25, -0.2) is 0 Å². The third kappa shape index (κ3) is 2.12. The van der Waals surface area contributed by atoms with Gasteiger partial charge in [-0.2, -0.15) is 0 Å². The van der Waals surface area contributed by atoms with Crippen LogP contribution in [-0.2, 0) is 4.74 Å². The van der Waals surface area contributed by atoms with Crippen molar-refractivity contribution in [2.75, 3.05) is 6.61 Å². The van der Waals surface area contributed by atoms with E-state index in [1.807, 2.05) is 0 Å². The molecule has 0 aliphatic carbocycles. The number of hydrogen-bond donors (Lipinski definition) is 4. The summed E-state index contributed by atoms with van der Waals surface area (Å²) in [4.78, 5) is 24.6. The van der Waals surface area contributed by atoms with E-state index in [0.29, 0.717) is 0 Å². The highest BCUT2D eigenvalue weighted by Gasteiger charge is 2.45. The van der Waals surface area contributed by atoms with E-state index in [2.05, 4.69) is 4.98 Å². The Morgan fingerprint density at radius 2 is 2.20 bits per heavy atom. The van der Waals surface area contributed by atoms with E-state index in [1.54, 1.807) is 0 Å². The Kier molecular flexibility index (Phi) is 3.67. The third-order valence-corrected chi connectivity index (χ3v) is 2.97. The summed E-state index contributed by atoms with van der Waals surface area (Å²) in [7, 11) is 0. The molecule has 0 bridgehead atoms. The number of nitro groups is 1. The Balaban J connectivity index is 2.44. The van der Waals surface area contributed by atoms with Crippen molar-refractivity contribution in [2.24, 2.45) is 5.73 Å². The highest BCUT2D eigenvalue weighted by atomic mass is 16.6. The number of rotatable bonds is 4. The van der Waals surface area contributed by atoms with Crippen LogP contribution in [0.2, 0.25) is 0 Å². The zero-order valence-corrected chi connectivity index (χ0v) is 9.99. The number of carbonyl (C=O) groups is 1. The molecule has 20 heavy (non-hydrogen) atoms. The molecular weight excluding hydrogens is 276 g/mol. The first kappa shape index (κ1) is 14.3. The first-order chi connectivity index (χ1) is 9.38. The molecule has 5 N–H and O–H groups in total. The van der Waals surface area contributed by atoms with Gasteiger partial charge in [-0.05, 0) is 9.91 Å². The average molecular weight is 288 g/mol. The molecule has 4 atom stereocenters. The number of hydrogen-bond acceptors (Lipinski definition) is 8. The molecule has 0 aromatic carbocycles. The van der Waals surface area contributed by atoms with Crippen molar-refractivity contribution in [1.82, 2.24) is 9.55 Å². The van der Waals surface area contributed by atoms with Gasteiger partial charge in [0.05, 0.1) is 6.61 Å². The molecule has 0 radical (unpaired) electrons. The number of nitrogens with zero attached hydrogens (tertiary/aromatic N) is 3. The fraction of sp³-hybridized carbons (Fsp3) is 0.556. The van der Waals surface area contributed by atoms with E-state index < -0.39 is 53.5 Å². The van der Waals surface area contributed by atoms with Crippen molar-refractivity contribution >= 4 is 11.7 Å². The van der Waals surface area contributed by atoms with Crippen molar-refractivity contribution in [3.63, 3.8) is 0 Å². The molecule has 1 saturated heterocycles. The normalized spacial score (nSPS) is 29.6. The van der Waals surface area contributed by atoms with Crippen LogP contribution < -0.4 is 5.73 Å². The minimum Gasteiger partial charge on any atom is -0.394 e. The van der Waals surface area contributed by atoms with Crippen molar-refractivity contribution < 1.29 is 29.8 Å². The van der Waals surface area contributed by atoms with Crippen molar-refractivity contribution in [2.45, 2.75) is 24.5 Å². The van der Waals surface area contributed by atoms with E-state index in [9.17, 15) is 25.1 Å². The summed E-state index contributed by atoms with van der Waals surface area (Å²) < 4.78 is 6.01. The largest absolute Gasteiger partial charge is 0.395 e. The number of nitrogens with two attached hydrogens (primary N) is 1. The lowest BCUT2D eigenvalue weighted by molar-refractivity contribution is -0.389. The maximum absolute atomic E-state index is 11.3. The van der Waals surface area contributed by atoms with Gasteiger partial charge in [0, 0.05) is 0 Å². The van der Waals surface area contributed by atoms with Crippen LogP contribution in [0.4, 0.5) is 5.82 Å². The Morgan fingerprint density at radius 3 is 2.65 bits per heavy atom. The maximum atomic E-state index is 11.3. The molecule has 2 rings (SSSR count). The maximum Gasteiger partial charge on any atom is 0.395 e. The SMILES string of the molecule is NC(=O)c1c([N+](=O)[O-])ncn1[C@@H]1O[C@@H](CO)[C@@H](O)[C@@H]1O. The van der Waals surface area contributed by atoms with Crippen LogP contribution in [0.1, 0.15) is 16.7 Å². The average Bonchev–Trinajstić information content (AvgIpc) is 2.93. The third-order valence-electron chi connectivity index (χ3n) is 2.97. The fourth-order valence-corrected chi connectivity index (χ4v) is 2.03. The Bertz CT molecular complexity index is 544. The molecule has 11 heteroatoms. The summed E-state index contributed by atoms with van der Waals surface area (Å²) in [6.45, 7) is -0.572. The van der Waals surface area contributed by atoms with Gasteiger partial charge in [0.15, 0.2) is 6.23 Å². The summed E-state index contributed by atoms with van der Waals surface area (Å²) in [6.07, 6.45) is -4.41. The molecule has 11 nitrogen and oxygen atoms in total. The summed E-state index contributed by atoms with van der Waals surface area (Å²) >= 11 is 0. The van der Waals surface area contributed by atoms with Crippen molar-refractivity contribution in [1.29, 1.82) is 0 Å². The van der Waals surface area contributed by atoms with E-state index in [1.165, 1.54) is 0 Å². The zero-order valence-electron chi connectivity index (χ0n) is 9.99. The highest BCUT2D eigenvalue weighted by Crippen LogP contribution is 2.32. The van der Waals surface area contributed by atoms with Crippen LogP contribution in [0.25, 0.3) is 0 Å². The fourth-order valence-electron chi connectivity index (χ4n) is 2.03. The molecule has 0 unspecified atom stereocenters. The molecule has 1 aliphatic heterocycles. The van der Waals surface area contributed by atoms with E-state index in [4.69, 9.17) is 15.6 Å². The standard InChI is InChI=1S/C9H12N4O7/c10-7(17)4-8(13(18)19)11-2-12(4)9-6(16)5(15)3(1-14)20-9/h2-3,5-6,9,14-16H,1H2,(H2,10,17)/t3-,5+,6-,9+/m0/s1. The summed E-state index contributed by atoms with van der Waals surface area (Å²) in [5.74, 6) is -1.91. The number of aliphatic hydroxyl groups excluding tert-OH is 3. The first-order valence-corrected chi connectivity index (χ1v) is 5.52. The van der Waals surface area contributed by atoms with Crippen LogP contribution in [0, 0.1) is 10.1 Å². The molecule has 0 spiro atoms. The predicted molar refractivity (Wildman–Crippen MR) is 60.4 cm³/mol. The number of imidazole rings is 1. The van der Waals surface area contributed by atoms with E-state index >= 15 is 0 Å². The lowest BCUT2D eigenvalue weighted by Crippen LogP contribution is -2.33. The zero-order chi connectivity index (χ0) is 15.0. The van der Waals surface area contributed by atoms with Gasteiger partial charge in [-0.15, -0.1) is 0 Å². The van der Waals surface area contributed by atoms with Crippen molar-refractivity contribution in [3.05, 3.63) is 22.1 Å². The van der Waals surface area contributed by atoms with Crippen molar-refractivity contribution in [3.8, 4) is 0 Å². The smallest absolute Gasteiger partial charge is 0.394 e. The van der Waals surface area contributed by atoms with Gasteiger partial charge < -0.3 is 35.9 Å². The minimum absolute atomic E-state index is 0.565. The second-order valence-corrected chi connectivity index (χ2v) is 4.17. The first-order valence-electron chi connectivity index (χ1n) is 5.52. The van der Waals surface area contributed by atoms with Crippen LogP contribution >= 0.6 is 0 Å². The number of amides is 1. The number of carbonyl (C=O) groups excluding carboxylic acids is 1. The van der Waals surface area contributed by atoms with Crippen LogP contribution in [0.3, 0.4) is 0 Å². The molecule has 1 amide bonds. The molecule has 1 aliphatic rings. The summed E-state index contributed by atoms with van der Waals surface area (Å²) in [5, 5.41) is 39.1. The van der Waals surface area contributed by atoms with E-state index in [-0.39, 0.29) is 0 Å². The quantitative estimate of drug-likeness (QED) is 0.347. The van der Waals surface area contributed by atoms with Gasteiger partial charge in [0.25, 0.3) is 5.91 Å². The number of aliphatic hydroxyl groups is 3. The van der Waals surface area contributed by atoms with Gasteiger partial charge in [0.1, 0.15) is 18.3 Å². The van der Waals surface area contributed by atoms with Crippen LogP contribution in [-0.4, -0.2) is 60.6 Å². The van der Waals surface area contributed by atoms with Crippen LogP contribution in [0.15, 0.2) is 6.33 Å². The second-order valence-electron chi connectivity index (χ2n) is 4.17. The van der Waals surface area contributed by atoms with Gasteiger partial charge in [-0.1, -0.05) is 0 Å². The lowest BCUT2D eigenvalue weighted by atomic mass is 10.1. The molecule has 1 aromatic heterocycles. The monoisotopic (exact) mass is 288 g/mol. The molecule has 1 aromatic rings. The lowest BCUT2D eigenvalue weighted by Gasteiger charge is -2.16. The second kappa shape index (κ2) is 5.13. The molecule has 0 saturated carbocycles. The van der Waals surface area contributed by atoms with Gasteiger partial charge in [-0.3, -0.25) is 9.36 Å². The minimum atomic E-state index is -1.50. The Morgan fingerprint density at radius 1 is 1.55 bits per heavy atom. The molecular formula is C9H12N4O7. The van der Waals surface area contributed by atoms with E-state index in [0.717, 1.165) is 10.9 Å². The predicted octanol–water partition coefficient (Wildman–Crippen LogP) is -2.50. The summed E-state index contributed by atoms with van der Waals surface area (Å²) in [6, 6.07) is 0. The highest BCUT2D eigenvalue weighted by molar-refractivity contribution is 5.94. The number of ether oxygens (including phenoxy) is 1. The number of primary amides is 1. The molecule has 110 valence electrons. The molecule has 2 heterocycles. The van der Waals surface area contributed by atoms with Gasteiger partial charge >= 0.3 is 5.82 Å². The Labute approximate surface area is 111 Å². The summed E-state index contributed by atoms with van der Waals surface area (Å²) in [5.41, 5.74) is 4.49.